The monoisotopic (exact) mass is 410 g/mol. The van der Waals surface area contributed by atoms with E-state index in [2.05, 4.69) is 43.4 Å². The predicted molar refractivity (Wildman–Crippen MR) is 121 cm³/mol. The van der Waals surface area contributed by atoms with Gasteiger partial charge >= 0.3 is 0 Å². The maximum atomic E-state index is 13.1. The van der Waals surface area contributed by atoms with E-state index < -0.39 is 6.04 Å². The summed E-state index contributed by atoms with van der Waals surface area (Å²) in [5.41, 5.74) is 3.38. The molecule has 2 amide bonds. The van der Waals surface area contributed by atoms with Gasteiger partial charge in [-0.05, 0) is 55.0 Å². The Bertz CT molecular complexity index is 813. The van der Waals surface area contributed by atoms with Crippen molar-refractivity contribution in [2.75, 3.05) is 13.7 Å². The lowest BCUT2D eigenvalue weighted by molar-refractivity contribution is -0.140. The van der Waals surface area contributed by atoms with Crippen LogP contribution in [0.25, 0.3) is 0 Å². The molecular formula is C25H34N2O3. The van der Waals surface area contributed by atoms with Gasteiger partial charge in [0.15, 0.2) is 0 Å². The Morgan fingerprint density at radius 2 is 1.57 bits per heavy atom. The number of hydrogen-bond donors (Lipinski definition) is 1. The third kappa shape index (κ3) is 6.61. The fraction of sp³-hybridized carbons (Fsp3) is 0.440. The van der Waals surface area contributed by atoms with Crippen molar-refractivity contribution in [1.82, 2.24) is 10.2 Å². The van der Waals surface area contributed by atoms with Gasteiger partial charge in [-0.1, -0.05) is 50.2 Å². The molecule has 0 saturated carbocycles. The van der Waals surface area contributed by atoms with Crippen molar-refractivity contribution >= 4 is 11.8 Å². The van der Waals surface area contributed by atoms with Gasteiger partial charge in [0.1, 0.15) is 11.8 Å². The summed E-state index contributed by atoms with van der Waals surface area (Å²) in [4.78, 5) is 27.2. The van der Waals surface area contributed by atoms with Crippen LogP contribution in [-0.2, 0) is 22.6 Å². The summed E-state index contributed by atoms with van der Waals surface area (Å²) in [5, 5.41) is 2.82. The highest BCUT2D eigenvalue weighted by atomic mass is 16.5. The van der Waals surface area contributed by atoms with E-state index in [0.717, 1.165) is 16.9 Å². The van der Waals surface area contributed by atoms with E-state index in [9.17, 15) is 9.59 Å². The largest absolute Gasteiger partial charge is 0.497 e. The van der Waals surface area contributed by atoms with Crippen LogP contribution in [0.1, 0.15) is 56.7 Å². The van der Waals surface area contributed by atoms with Gasteiger partial charge in [0, 0.05) is 19.5 Å². The van der Waals surface area contributed by atoms with Crippen molar-refractivity contribution in [1.29, 1.82) is 0 Å². The molecule has 162 valence electrons. The molecule has 0 aliphatic heterocycles. The number of aryl methyl sites for hydroxylation is 1. The molecule has 2 aromatic rings. The van der Waals surface area contributed by atoms with Crippen LogP contribution in [0, 0.1) is 0 Å². The van der Waals surface area contributed by atoms with Crippen molar-refractivity contribution < 1.29 is 14.3 Å². The molecular weight excluding hydrogens is 376 g/mol. The number of nitrogens with zero attached hydrogens (tertiary/aromatic N) is 1. The average Bonchev–Trinajstić information content (AvgIpc) is 2.76. The van der Waals surface area contributed by atoms with Gasteiger partial charge in [-0.15, -0.1) is 0 Å². The standard InChI is InChI=1S/C25H34N2O3/c1-6-26-25(29)19(4)27(17-21-9-14-23(30-5)15-10-21)24(28)16-11-20-7-12-22(13-8-20)18(2)3/h7-10,12-15,18-19H,6,11,16-17H2,1-5H3,(H,26,29)/t19-/m0/s1. The first-order chi connectivity index (χ1) is 14.3. The smallest absolute Gasteiger partial charge is 0.242 e. The number of benzene rings is 2. The summed E-state index contributed by atoms with van der Waals surface area (Å²) in [7, 11) is 1.62. The molecule has 0 bridgehead atoms. The van der Waals surface area contributed by atoms with Crippen LogP contribution in [0.2, 0.25) is 0 Å². The molecule has 5 heteroatoms. The van der Waals surface area contributed by atoms with E-state index in [1.54, 1.807) is 18.9 Å². The second kappa shape index (κ2) is 11.4. The van der Waals surface area contributed by atoms with Crippen LogP contribution < -0.4 is 10.1 Å². The van der Waals surface area contributed by atoms with Crippen LogP contribution >= 0.6 is 0 Å². The minimum Gasteiger partial charge on any atom is -0.497 e. The third-order valence-electron chi connectivity index (χ3n) is 5.30. The zero-order valence-electron chi connectivity index (χ0n) is 18.8. The normalized spacial score (nSPS) is 11.8. The van der Waals surface area contributed by atoms with Crippen LogP contribution in [-0.4, -0.2) is 36.4 Å². The number of carbonyl (C=O) groups is 2. The summed E-state index contributed by atoms with van der Waals surface area (Å²) < 4.78 is 5.21. The first kappa shape index (κ1) is 23.5. The maximum absolute atomic E-state index is 13.1. The molecule has 0 saturated heterocycles. The van der Waals surface area contributed by atoms with E-state index in [1.807, 2.05) is 31.2 Å². The molecule has 0 unspecified atom stereocenters. The Morgan fingerprint density at radius 1 is 0.967 bits per heavy atom. The number of amides is 2. The minimum absolute atomic E-state index is 0.0301. The first-order valence-electron chi connectivity index (χ1n) is 10.6. The molecule has 0 aliphatic carbocycles. The third-order valence-corrected chi connectivity index (χ3v) is 5.30. The summed E-state index contributed by atoms with van der Waals surface area (Å²) >= 11 is 0. The first-order valence-corrected chi connectivity index (χ1v) is 10.6. The molecule has 30 heavy (non-hydrogen) atoms. The van der Waals surface area contributed by atoms with Crippen LogP contribution in [0.15, 0.2) is 48.5 Å². The van der Waals surface area contributed by atoms with Crippen molar-refractivity contribution in [3.05, 3.63) is 65.2 Å². The zero-order valence-corrected chi connectivity index (χ0v) is 18.8. The Morgan fingerprint density at radius 3 is 2.10 bits per heavy atom. The summed E-state index contributed by atoms with van der Waals surface area (Å²) in [6, 6.07) is 15.5. The van der Waals surface area contributed by atoms with Crippen molar-refractivity contribution in [3.63, 3.8) is 0 Å². The number of carbonyl (C=O) groups excluding carboxylic acids is 2. The average molecular weight is 411 g/mol. The quantitative estimate of drug-likeness (QED) is 0.635. The number of hydrogen-bond acceptors (Lipinski definition) is 3. The van der Waals surface area contributed by atoms with Gasteiger partial charge in [0.05, 0.1) is 7.11 Å². The van der Waals surface area contributed by atoms with Gasteiger partial charge in [-0.25, -0.2) is 0 Å². The van der Waals surface area contributed by atoms with Crippen LogP contribution in [0.4, 0.5) is 0 Å². The topological polar surface area (TPSA) is 58.6 Å². The predicted octanol–water partition coefficient (Wildman–Crippen LogP) is 4.30. The molecule has 0 aliphatic rings. The lowest BCUT2D eigenvalue weighted by Gasteiger charge is -2.29. The number of methoxy groups -OCH3 is 1. The molecule has 1 atom stereocenters. The number of nitrogens with one attached hydrogen (secondary N) is 1. The highest BCUT2D eigenvalue weighted by Crippen LogP contribution is 2.18. The minimum atomic E-state index is -0.539. The van der Waals surface area contributed by atoms with Gasteiger partial charge in [0.2, 0.25) is 11.8 Å². The Kier molecular flexibility index (Phi) is 8.90. The maximum Gasteiger partial charge on any atom is 0.242 e. The van der Waals surface area contributed by atoms with Crippen molar-refractivity contribution in [3.8, 4) is 5.75 Å². The summed E-state index contributed by atoms with van der Waals surface area (Å²) in [6.45, 7) is 8.91. The molecule has 1 N–H and O–H groups in total. The summed E-state index contributed by atoms with van der Waals surface area (Å²) in [5.74, 6) is 1.08. The van der Waals surface area contributed by atoms with Crippen LogP contribution in [0.5, 0.6) is 5.75 Å². The zero-order chi connectivity index (χ0) is 22.1. The Balaban J connectivity index is 2.10. The van der Waals surface area contributed by atoms with E-state index in [-0.39, 0.29) is 11.8 Å². The lowest BCUT2D eigenvalue weighted by atomic mass is 10.00. The van der Waals surface area contributed by atoms with Gasteiger partial charge in [-0.3, -0.25) is 9.59 Å². The molecule has 2 rings (SSSR count). The highest BCUT2D eigenvalue weighted by Gasteiger charge is 2.25. The fourth-order valence-corrected chi connectivity index (χ4v) is 3.30. The van der Waals surface area contributed by atoms with E-state index in [0.29, 0.717) is 31.8 Å². The molecule has 2 aromatic carbocycles. The van der Waals surface area contributed by atoms with Crippen LogP contribution in [0.3, 0.4) is 0 Å². The van der Waals surface area contributed by atoms with E-state index >= 15 is 0 Å². The Labute approximate surface area is 180 Å². The fourth-order valence-electron chi connectivity index (χ4n) is 3.30. The lowest BCUT2D eigenvalue weighted by Crippen LogP contribution is -2.47. The van der Waals surface area contributed by atoms with Crippen molar-refractivity contribution in [2.24, 2.45) is 0 Å². The van der Waals surface area contributed by atoms with Gasteiger partial charge in [-0.2, -0.15) is 0 Å². The SMILES string of the molecule is CCNC(=O)[C@H](C)N(Cc1ccc(OC)cc1)C(=O)CCc1ccc(C(C)C)cc1. The Hall–Kier alpha value is -2.82. The molecule has 0 spiro atoms. The number of likely N-dealkylation sites (N-methyl/N-ethyl adjacent to an activating group) is 1. The van der Waals surface area contributed by atoms with E-state index in [4.69, 9.17) is 4.74 Å². The molecule has 0 radical (unpaired) electrons. The molecule has 0 fully saturated rings. The second-order valence-electron chi connectivity index (χ2n) is 7.84. The molecule has 0 aromatic heterocycles. The highest BCUT2D eigenvalue weighted by molar-refractivity contribution is 5.87. The summed E-state index contributed by atoms with van der Waals surface area (Å²) in [6.07, 6.45) is 1.01. The molecule has 0 heterocycles. The van der Waals surface area contributed by atoms with Gasteiger partial charge < -0.3 is 15.0 Å². The van der Waals surface area contributed by atoms with E-state index in [1.165, 1.54) is 5.56 Å². The molecule has 5 nitrogen and oxygen atoms in total. The number of ether oxygens (including phenoxy) is 1. The van der Waals surface area contributed by atoms with Gasteiger partial charge in [0.25, 0.3) is 0 Å². The van der Waals surface area contributed by atoms with Crippen molar-refractivity contribution in [2.45, 2.75) is 59.0 Å². The second-order valence-corrected chi connectivity index (χ2v) is 7.84. The number of rotatable bonds is 10.